The molecule has 0 spiro atoms. The molecule has 0 aromatic heterocycles. The predicted molar refractivity (Wildman–Crippen MR) is 121 cm³/mol. The summed E-state index contributed by atoms with van der Waals surface area (Å²) in [4.78, 5) is 15.0. The first-order valence-electron chi connectivity index (χ1n) is 11.0. The van der Waals surface area contributed by atoms with Crippen LogP contribution in [-0.2, 0) is 21.4 Å². The number of carbonyl (C=O) groups excluding carboxylic acids is 1. The molecule has 8 heteroatoms. The SMILES string of the molecule is Cc1ccc(S(=O)(=O)N2CCC(C(=O)N(C)Cc3ccc4c(c3)OCCO4)CC2)cc1C. The Labute approximate surface area is 190 Å². The van der Waals surface area contributed by atoms with Crippen LogP contribution in [0.3, 0.4) is 0 Å². The molecule has 172 valence electrons. The molecule has 0 radical (unpaired) electrons. The van der Waals surface area contributed by atoms with E-state index in [2.05, 4.69) is 0 Å². The lowest BCUT2D eigenvalue weighted by Gasteiger charge is -2.32. The maximum Gasteiger partial charge on any atom is 0.243 e. The third-order valence-electron chi connectivity index (χ3n) is 6.32. The van der Waals surface area contributed by atoms with Gasteiger partial charge in [-0.15, -0.1) is 0 Å². The van der Waals surface area contributed by atoms with Gasteiger partial charge in [0.2, 0.25) is 15.9 Å². The monoisotopic (exact) mass is 458 g/mol. The van der Waals surface area contributed by atoms with Gasteiger partial charge >= 0.3 is 0 Å². The number of nitrogens with zero attached hydrogens (tertiary/aromatic N) is 2. The van der Waals surface area contributed by atoms with E-state index in [0.717, 1.165) is 22.4 Å². The van der Waals surface area contributed by atoms with Crippen LogP contribution in [0.5, 0.6) is 11.5 Å². The summed E-state index contributed by atoms with van der Waals surface area (Å²) in [7, 11) is -1.76. The van der Waals surface area contributed by atoms with Gasteiger partial charge in [-0.1, -0.05) is 12.1 Å². The molecule has 2 heterocycles. The van der Waals surface area contributed by atoms with Crippen LogP contribution in [0.2, 0.25) is 0 Å². The van der Waals surface area contributed by atoms with Crippen LogP contribution in [0.4, 0.5) is 0 Å². The molecule has 2 aliphatic rings. The van der Waals surface area contributed by atoms with E-state index in [0.29, 0.717) is 56.3 Å². The highest BCUT2D eigenvalue weighted by atomic mass is 32.2. The van der Waals surface area contributed by atoms with Crippen LogP contribution >= 0.6 is 0 Å². The number of fused-ring (bicyclic) bond motifs is 1. The molecule has 2 aromatic carbocycles. The Bertz CT molecular complexity index is 1110. The average molecular weight is 459 g/mol. The molecular formula is C24H30N2O5S. The van der Waals surface area contributed by atoms with Crippen molar-refractivity contribution >= 4 is 15.9 Å². The molecule has 4 rings (SSSR count). The average Bonchev–Trinajstić information content (AvgIpc) is 2.80. The number of rotatable bonds is 5. The molecule has 1 saturated heterocycles. The second kappa shape index (κ2) is 9.11. The van der Waals surface area contributed by atoms with Crippen molar-refractivity contribution in [1.82, 2.24) is 9.21 Å². The van der Waals surface area contributed by atoms with E-state index in [4.69, 9.17) is 9.47 Å². The van der Waals surface area contributed by atoms with Crippen molar-refractivity contribution < 1.29 is 22.7 Å². The Morgan fingerprint density at radius 3 is 2.38 bits per heavy atom. The Kier molecular flexibility index (Phi) is 6.44. The number of sulfonamides is 1. The molecule has 1 fully saturated rings. The molecule has 0 saturated carbocycles. The van der Waals surface area contributed by atoms with Gasteiger partial charge in [-0.05, 0) is 67.6 Å². The molecule has 2 aliphatic heterocycles. The molecule has 0 bridgehead atoms. The lowest BCUT2D eigenvalue weighted by Crippen LogP contribution is -2.43. The van der Waals surface area contributed by atoms with E-state index in [9.17, 15) is 13.2 Å². The zero-order valence-electron chi connectivity index (χ0n) is 18.8. The quantitative estimate of drug-likeness (QED) is 0.688. The van der Waals surface area contributed by atoms with Crippen molar-refractivity contribution in [3.63, 3.8) is 0 Å². The van der Waals surface area contributed by atoms with Gasteiger partial charge in [0.1, 0.15) is 13.2 Å². The highest BCUT2D eigenvalue weighted by molar-refractivity contribution is 7.89. The summed E-state index contributed by atoms with van der Waals surface area (Å²) in [5, 5.41) is 0. The van der Waals surface area contributed by atoms with Gasteiger partial charge in [-0.3, -0.25) is 4.79 Å². The number of carbonyl (C=O) groups is 1. The van der Waals surface area contributed by atoms with E-state index in [1.165, 1.54) is 4.31 Å². The minimum absolute atomic E-state index is 0.0446. The molecule has 1 amide bonds. The van der Waals surface area contributed by atoms with Crippen molar-refractivity contribution in [3.05, 3.63) is 53.1 Å². The number of benzene rings is 2. The van der Waals surface area contributed by atoms with Gasteiger partial charge in [0.05, 0.1) is 4.90 Å². The lowest BCUT2D eigenvalue weighted by atomic mass is 9.96. The zero-order chi connectivity index (χ0) is 22.9. The molecule has 0 atom stereocenters. The van der Waals surface area contributed by atoms with Crippen LogP contribution in [0.15, 0.2) is 41.3 Å². The maximum atomic E-state index is 13.0. The Morgan fingerprint density at radius 2 is 1.69 bits per heavy atom. The second-order valence-electron chi connectivity index (χ2n) is 8.60. The fraction of sp³-hybridized carbons (Fsp3) is 0.458. The Balaban J connectivity index is 1.36. The molecule has 2 aromatic rings. The van der Waals surface area contributed by atoms with Crippen LogP contribution < -0.4 is 9.47 Å². The topological polar surface area (TPSA) is 76.2 Å². The summed E-state index contributed by atoms with van der Waals surface area (Å²) in [6.45, 7) is 6.11. The molecule has 0 aliphatic carbocycles. The predicted octanol–water partition coefficient (Wildman–Crippen LogP) is 3.13. The Morgan fingerprint density at radius 1 is 1.00 bits per heavy atom. The van der Waals surface area contributed by atoms with E-state index in [-0.39, 0.29) is 11.8 Å². The molecule has 32 heavy (non-hydrogen) atoms. The zero-order valence-corrected chi connectivity index (χ0v) is 19.7. The lowest BCUT2D eigenvalue weighted by molar-refractivity contribution is -0.135. The number of amides is 1. The third kappa shape index (κ3) is 4.61. The van der Waals surface area contributed by atoms with Gasteiger partial charge in [0.15, 0.2) is 11.5 Å². The highest BCUT2D eigenvalue weighted by Gasteiger charge is 2.33. The first kappa shape index (κ1) is 22.6. The van der Waals surface area contributed by atoms with Crippen molar-refractivity contribution in [1.29, 1.82) is 0 Å². The molecule has 0 unspecified atom stereocenters. The fourth-order valence-electron chi connectivity index (χ4n) is 4.22. The van der Waals surface area contributed by atoms with Crippen molar-refractivity contribution in [3.8, 4) is 11.5 Å². The number of hydrogen-bond acceptors (Lipinski definition) is 5. The molecular weight excluding hydrogens is 428 g/mol. The van der Waals surface area contributed by atoms with Gasteiger partial charge in [-0.25, -0.2) is 8.42 Å². The Hall–Kier alpha value is -2.58. The van der Waals surface area contributed by atoms with Crippen molar-refractivity contribution in [2.75, 3.05) is 33.4 Å². The third-order valence-corrected chi connectivity index (χ3v) is 8.22. The number of aryl methyl sites for hydroxylation is 2. The number of ether oxygens (including phenoxy) is 2. The summed E-state index contributed by atoms with van der Waals surface area (Å²) >= 11 is 0. The van der Waals surface area contributed by atoms with Gasteiger partial charge in [-0.2, -0.15) is 4.31 Å². The fourth-order valence-corrected chi connectivity index (χ4v) is 5.77. The first-order valence-corrected chi connectivity index (χ1v) is 12.4. The highest BCUT2D eigenvalue weighted by Crippen LogP contribution is 2.31. The molecule has 0 N–H and O–H groups in total. The maximum absolute atomic E-state index is 13.0. The number of piperidine rings is 1. The van der Waals surface area contributed by atoms with E-state index in [1.54, 1.807) is 24.1 Å². The largest absolute Gasteiger partial charge is 0.486 e. The second-order valence-corrected chi connectivity index (χ2v) is 10.5. The molecule has 7 nitrogen and oxygen atoms in total. The van der Waals surface area contributed by atoms with E-state index >= 15 is 0 Å². The van der Waals surface area contributed by atoms with E-state index < -0.39 is 10.0 Å². The van der Waals surface area contributed by atoms with Gasteiger partial charge in [0, 0.05) is 32.6 Å². The summed E-state index contributed by atoms with van der Waals surface area (Å²) in [6, 6.07) is 11.0. The smallest absolute Gasteiger partial charge is 0.243 e. The van der Waals surface area contributed by atoms with Gasteiger partial charge < -0.3 is 14.4 Å². The van der Waals surface area contributed by atoms with Crippen LogP contribution in [0.25, 0.3) is 0 Å². The minimum atomic E-state index is -3.55. The summed E-state index contributed by atoms with van der Waals surface area (Å²) < 4.78 is 38.7. The van der Waals surface area contributed by atoms with Crippen molar-refractivity contribution in [2.24, 2.45) is 5.92 Å². The van der Waals surface area contributed by atoms with Crippen LogP contribution in [-0.4, -0.2) is 56.9 Å². The normalized spacial score (nSPS) is 17.2. The van der Waals surface area contributed by atoms with Crippen LogP contribution in [0, 0.1) is 19.8 Å². The number of hydrogen-bond donors (Lipinski definition) is 0. The summed E-state index contributed by atoms with van der Waals surface area (Å²) in [5.41, 5.74) is 2.99. The van der Waals surface area contributed by atoms with Crippen LogP contribution in [0.1, 0.15) is 29.5 Å². The van der Waals surface area contributed by atoms with Gasteiger partial charge in [0.25, 0.3) is 0 Å². The first-order chi connectivity index (χ1) is 15.3. The summed E-state index contributed by atoms with van der Waals surface area (Å²) in [5.74, 6) is 1.30. The van der Waals surface area contributed by atoms with E-state index in [1.807, 2.05) is 38.1 Å². The minimum Gasteiger partial charge on any atom is -0.486 e. The standard InChI is InChI=1S/C24H30N2O5S/c1-17-4-6-21(14-18(17)2)32(28,29)26-10-8-20(9-11-26)24(27)25(3)16-19-5-7-22-23(15-19)31-13-12-30-22/h4-7,14-15,20H,8-13,16H2,1-3H3. The summed E-state index contributed by atoms with van der Waals surface area (Å²) in [6.07, 6.45) is 1.04. The van der Waals surface area contributed by atoms with Crippen molar-refractivity contribution in [2.45, 2.75) is 38.1 Å².